The maximum atomic E-state index is 12.3. The van der Waals surface area contributed by atoms with Crippen molar-refractivity contribution in [1.29, 1.82) is 0 Å². The van der Waals surface area contributed by atoms with Gasteiger partial charge in [0.05, 0.1) is 5.75 Å². The Morgan fingerprint density at radius 1 is 1.29 bits per heavy atom. The lowest BCUT2D eigenvalue weighted by Crippen LogP contribution is -2.37. The molecule has 0 fully saturated rings. The number of carbonyl (C=O) groups excluding carboxylic acids is 1. The molecule has 0 aliphatic carbocycles. The zero-order valence-corrected chi connectivity index (χ0v) is 12.9. The first-order valence-corrected chi connectivity index (χ1v) is 7.44. The third-order valence-corrected chi connectivity index (χ3v) is 4.10. The Kier molecular flexibility index (Phi) is 4.21. The van der Waals surface area contributed by atoms with Gasteiger partial charge in [0.2, 0.25) is 5.91 Å². The van der Waals surface area contributed by atoms with Crippen LogP contribution >= 0.6 is 11.8 Å². The van der Waals surface area contributed by atoms with E-state index in [1.807, 2.05) is 6.92 Å². The van der Waals surface area contributed by atoms with Gasteiger partial charge in [0, 0.05) is 20.6 Å². The SMILES string of the molecule is CCCn1c(SCC(N)=O)nc2c1c(=O)n(C)c(=O)n2C. The molecule has 2 aromatic rings. The van der Waals surface area contributed by atoms with E-state index in [1.165, 1.54) is 11.6 Å². The largest absolute Gasteiger partial charge is 0.369 e. The van der Waals surface area contributed by atoms with Crippen LogP contribution in [0.15, 0.2) is 14.7 Å². The molecular weight excluding hydrogens is 294 g/mol. The third-order valence-electron chi connectivity index (χ3n) is 3.10. The van der Waals surface area contributed by atoms with Gasteiger partial charge in [0.1, 0.15) is 0 Å². The number of aromatic nitrogens is 4. The lowest BCUT2D eigenvalue weighted by atomic mass is 10.4. The van der Waals surface area contributed by atoms with Gasteiger partial charge in [0.25, 0.3) is 5.56 Å². The molecule has 0 aromatic carbocycles. The summed E-state index contributed by atoms with van der Waals surface area (Å²) in [5.41, 5.74) is 5.02. The highest BCUT2D eigenvalue weighted by atomic mass is 32.2. The van der Waals surface area contributed by atoms with Crippen LogP contribution in [0.1, 0.15) is 13.3 Å². The fraction of sp³-hybridized carbons (Fsp3) is 0.500. The monoisotopic (exact) mass is 311 g/mol. The van der Waals surface area contributed by atoms with Crippen LogP contribution in [0, 0.1) is 0 Å². The van der Waals surface area contributed by atoms with Crippen molar-refractivity contribution >= 4 is 28.8 Å². The van der Waals surface area contributed by atoms with Crippen molar-refractivity contribution in [3.8, 4) is 0 Å². The molecule has 0 saturated carbocycles. The Hall–Kier alpha value is -2.03. The molecule has 21 heavy (non-hydrogen) atoms. The van der Waals surface area contributed by atoms with Gasteiger partial charge in [-0.3, -0.25) is 18.7 Å². The van der Waals surface area contributed by atoms with Crippen LogP contribution < -0.4 is 17.0 Å². The Bertz CT molecular complexity index is 817. The maximum Gasteiger partial charge on any atom is 0.332 e. The Labute approximate surface area is 124 Å². The van der Waals surface area contributed by atoms with Crippen LogP contribution in [-0.2, 0) is 25.4 Å². The summed E-state index contributed by atoms with van der Waals surface area (Å²) in [7, 11) is 3.00. The molecule has 0 saturated heterocycles. The average molecular weight is 311 g/mol. The normalized spacial score (nSPS) is 11.2. The van der Waals surface area contributed by atoms with E-state index in [0.29, 0.717) is 22.9 Å². The second-order valence-electron chi connectivity index (χ2n) is 4.68. The van der Waals surface area contributed by atoms with Gasteiger partial charge >= 0.3 is 5.69 Å². The van der Waals surface area contributed by atoms with Crippen LogP contribution in [-0.4, -0.2) is 30.3 Å². The van der Waals surface area contributed by atoms with E-state index in [-0.39, 0.29) is 11.3 Å². The van der Waals surface area contributed by atoms with Gasteiger partial charge in [-0.15, -0.1) is 0 Å². The van der Waals surface area contributed by atoms with Crippen molar-refractivity contribution in [2.45, 2.75) is 25.0 Å². The van der Waals surface area contributed by atoms with E-state index in [0.717, 1.165) is 22.7 Å². The molecule has 8 nitrogen and oxygen atoms in total. The molecule has 2 N–H and O–H groups in total. The molecule has 0 unspecified atom stereocenters. The summed E-state index contributed by atoms with van der Waals surface area (Å²) in [5, 5.41) is 0.518. The summed E-state index contributed by atoms with van der Waals surface area (Å²) in [6.07, 6.45) is 0.793. The number of aryl methyl sites for hydroxylation is 2. The summed E-state index contributed by atoms with van der Waals surface area (Å²) in [4.78, 5) is 39.6. The minimum Gasteiger partial charge on any atom is -0.369 e. The van der Waals surface area contributed by atoms with E-state index in [9.17, 15) is 14.4 Å². The molecule has 0 atom stereocenters. The van der Waals surface area contributed by atoms with Crippen molar-refractivity contribution < 1.29 is 4.79 Å². The van der Waals surface area contributed by atoms with E-state index in [4.69, 9.17) is 5.73 Å². The number of nitrogens with zero attached hydrogens (tertiary/aromatic N) is 4. The van der Waals surface area contributed by atoms with E-state index in [2.05, 4.69) is 4.98 Å². The molecule has 0 aliphatic heterocycles. The summed E-state index contributed by atoms with van der Waals surface area (Å²) in [5.74, 6) is -0.390. The van der Waals surface area contributed by atoms with Crippen molar-refractivity contribution in [2.75, 3.05) is 5.75 Å². The van der Waals surface area contributed by atoms with Crippen LogP contribution in [0.4, 0.5) is 0 Å². The lowest BCUT2D eigenvalue weighted by molar-refractivity contribution is -0.115. The summed E-state index contributed by atoms with van der Waals surface area (Å²) in [6.45, 7) is 2.55. The lowest BCUT2D eigenvalue weighted by Gasteiger charge is -2.07. The molecule has 9 heteroatoms. The molecule has 2 aromatic heterocycles. The smallest absolute Gasteiger partial charge is 0.332 e. The minimum atomic E-state index is -0.461. The predicted octanol–water partition coefficient (Wildman–Crippen LogP) is -0.579. The van der Waals surface area contributed by atoms with E-state index < -0.39 is 11.6 Å². The number of thioether (sulfide) groups is 1. The fourth-order valence-electron chi connectivity index (χ4n) is 2.10. The molecule has 2 heterocycles. The molecule has 114 valence electrons. The number of fused-ring (bicyclic) bond motifs is 1. The predicted molar refractivity (Wildman–Crippen MR) is 80.4 cm³/mol. The first-order chi connectivity index (χ1) is 9.88. The second-order valence-corrected chi connectivity index (χ2v) is 5.62. The van der Waals surface area contributed by atoms with Crippen molar-refractivity contribution in [1.82, 2.24) is 18.7 Å². The number of nitrogens with two attached hydrogens (primary N) is 1. The summed E-state index contributed by atoms with van der Waals surface area (Å²) < 4.78 is 4.13. The third kappa shape index (κ3) is 2.60. The fourth-order valence-corrected chi connectivity index (χ4v) is 2.86. The van der Waals surface area contributed by atoms with Gasteiger partial charge in [0.15, 0.2) is 16.3 Å². The molecular formula is C12H17N5O3S. The maximum absolute atomic E-state index is 12.3. The molecule has 2 rings (SSSR count). The highest BCUT2D eigenvalue weighted by Gasteiger charge is 2.19. The van der Waals surface area contributed by atoms with Crippen LogP contribution in [0.5, 0.6) is 0 Å². The summed E-state index contributed by atoms with van der Waals surface area (Å²) >= 11 is 1.16. The Morgan fingerprint density at radius 2 is 1.95 bits per heavy atom. The van der Waals surface area contributed by atoms with E-state index >= 15 is 0 Å². The van der Waals surface area contributed by atoms with Crippen molar-refractivity contribution in [2.24, 2.45) is 19.8 Å². The zero-order valence-electron chi connectivity index (χ0n) is 12.1. The van der Waals surface area contributed by atoms with Crippen molar-refractivity contribution in [3.63, 3.8) is 0 Å². The standard InChI is InChI=1S/C12H17N5O3S/c1-4-5-17-8-9(14-11(17)21-6-7(13)18)15(2)12(20)16(3)10(8)19/h4-6H2,1-3H3,(H2,13,18). The zero-order chi connectivity index (χ0) is 15.7. The van der Waals surface area contributed by atoms with E-state index in [1.54, 1.807) is 11.6 Å². The number of carbonyl (C=O) groups is 1. The molecule has 0 radical (unpaired) electrons. The Morgan fingerprint density at radius 3 is 2.52 bits per heavy atom. The van der Waals surface area contributed by atoms with Gasteiger partial charge < -0.3 is 10.3 Å². The number of amides is 1. The van der Waals surface area contributed by atoms with Crippen LogP contribution in [0.2, 0.25) is 0 Å². The average Bonchev–Trinajstić information content (AvgIpc) is 2.80. The topological polar surface area (TPSA) is 105 Å². The summed E-state index contributed by atoms with van der Waals surface area (Å²) in [6, 6.07) is 0. The van der Waals surface area contributed by atoms with Crippen LogP contribution in [0.25, 0.3) is 11.2 Å². The van der Waals surface area contributed by atoms with Crippen molar-refractivity contribution in [3.05, 3.63) is 20.8 Å². The number of imidazole rings is 1. The molecule has 0 aliphatic rings. The molecule has 0 bridgehead atoms. The quantitative estimate of drug-likeness (QED) is 0.744. The molecule has 0 spiro atoms. The van der Waals surface area contributed by atoms with Gasteiger partial charge in [-0.05, 0) is 6.42 Å². The van der Waals surface area contributed by atoms with Gasteiger partial charge in [-0.2, -0.15) is 0 Å². The number of hydrogen-bond donors (Lipinski definition) is 1. The number of rotatable bonds is 5. The van der Waals surface area contributed by atoms with Crippen LogP contribution in [0.3, 0.4) is 0 Å². The highest BCUT2D eigenvalue weighted by Crippen LogP contribution is 2.21. The first kappa shape index (κ1) is 15.4. The number of hydrogen-bond acceptors (Lipinski definition) is 5. The van der Waals surface area contributed by atoms with Gasteiger partial charge in [-0.25, -0.2) is 9.78 Å². The Balaban J connectivity index is 2.76. The minimum absolute atomic E-state index is 0.0707. The second kappa shape index (κ2) is 5.76. The molecule has 1 amide bonds. The van der Waals surface area contributed by atoms with Gasteiger partial charge in [-0.1, -0.05) is 18.7 Å². The number of primary amides is 1. The highest BCUT2D eigenvalue weighted by molar-refractivity contribution is 7.99. The first-order valence-electron chi connectivity index (χ1n) is 6.45.